The Morgan fingerprint density at radius 1 is 1.12 bits per heavy atom. The van der Waals surface area contributed by atoms with Crippen LogP contribution in [0, 0.1) is 0 Å². The van der Waals surface area contributed by atoms with Crippen LogP contribution < -0.4 is 5.46 Å². The van der Waals surface area contributed by atoms with Crippen molar-refractivity contribution in [1.82, 2.24) is 4.98 Å². The van der Waals surface area contributed by atoms with Gasteiger partial charge in [0.1, 0.15) is 0 Å². The lowest BCUT2D eigenvalue weighted by Gasteiger charge is -2.32. The first kappa shape index (κ1) is 11.9. The van der Waals surface area contributed by atoms with Crippen LogP contribution in [0.5, 0.6) is 0 Å². The molecule has 1 aromatic heterocycles. The zero-order valence-electron chi connectivity index (χ0n) is 9.95. The molecule has 0 aromatic carbocycles. The minimum Gasteiger partial charge on any atom is -0.399 e. The first-order valence-electron chi connectivity index (χ1n) is 5.28. The number of aromatic nitrogens is 1. The summed E-state index contributed by atoms with van der Waals surface area (Å²) < 4.78 is 11.8. The number of nitrogens with zero attached hydrogens (tertiary/aromatic N) is 1. The Morgan fingerprint density at radius 2 is 1.69 bits per heavy atom. The van der Waals surface area contributed by atoms with Crippen LogP contribution in [0.1, 0.15) is 27.7 Å². The van der Waals surface area contributed by atoms with Gasteiger partial charge in [-0.05, 0) is 33.8 Å². The third-order valence-electron chi connectivity index (χ3n) is 3.25. The standard InChI is InChI=1S/C11H15BClNO2/c1-10(2)11(3,4)16-12(15-10)8-5-9(13)7-14-6-8/h5-7H,1-4H3. The molecule has 5 heteroatoms. The molecule has 0 spiro atoms. The van der Waals surface area contributed by atoms with E-state index in [1.165, 1.54) is 0 Å². The minimum atomic E-state index is -0.392. The summed E-state index contributed by atoms with van der Waals surface area (Å²) in [7, 11) is -0.392. The summed E-state index contributed by atoms with van der Waals surface area (Å²) in [6, 6.07) is 1.82. The second-order valence-corrected chi connectivity index (χ2v) is 5.46. The number of halogens is 1. The van der Waals surface area contributed by atoms with Crippen molar-refractivity contribution in [1.29, 1.82) is 0 Å². The van der Waals surface area contributed by atoms with E-state index in [4.69, 9.17) is 20.9 Å². The maximum Gasteiger partial charge on any atom is 0.496 e. The average Bonchev–Trinajstić information content (AvgIpc) is 2.36. The Hall–Kier alpha value is -0.575. The van der Waals surface area contributed by atoms with Crippen molar-refractivity contribution in [3.05, 3.63) is 23.5 Å². The molecule has 1 aliphatic heterocycles. The number of rotatable bonds is 1. The Morgan fingerprint density at radius 3 is 2.19 bits per heavy atom. The minimum absolute atomic E-state index is 0.333. The first-order chi connectivity index (χ1) is 7.32. The first-order valence-corrected chi connectivity index (χ1v) is 5.66. The number of hydrogen-bond donors (Lipinski definition) is 0. The highest BCUT2D eigenvalue weighted by atomic mass is 35.5. The zero-order chi connectivity index (χ0) is 12.0. The Labute approximate surface area is 101 Å². The van der Waals surface area contributed by atoms with Crippen molar-refractivity contribution >= 4 is 24.2 Å². The summed E-state index contributed by atoms with van der Waals surface area (Å²) in [6.45, 7) is 8.08. The summed E-state index contributed by atoms with van der Waals surface area (Å²) in [5.41, 5.74) is 0.186. The second-order valence-electron chi connectivity index (χ2n) is 5.02. The van der Waals surface area contributed by atoms with E-state index in [1.54, 1.807) is 12.4 Å². The van der Waals surface area contributed by atoms with E-state index in [0.717, 1.165) is 5.46 Å². The molecule has 1 fully saturated rings. The lowest BCUT2D eigenvalue weighted by Crippen LogP contribution is -2.41. The Balaban J connectivity index is 2.27. The predicted octanol–water partition coefficient (Wildman–Crippen LogP) is 2.03. The van der Waals surface area contributed by atoms with Crippen LogP contribution in [0.4, 0.5) is 0 Å². The number of hydrogen-bond acceptors (Lipinski definition) is 3. The third kappa shape index (κ3) is 1.97. The van der Waals surface area contributed by atoms with Gasteiger partial charge >= 0.3 is 7.12 Å². The predicted molar refractivity (Wildman–Crippen MR) is 65.0 cm³/mol. The largest absolute Gasteiger partial charge is 0.496 e. The summed E-state index contributed by atoms with van der Waals surface area (Å²) in [5.74, 6) is 0. The second kappa shape index (κ2) is 3.72. The zero-order valence-corrected chi connectivity index (χ0v) is 10.7. The molecule has 0 atom stereocenters. The van der Waals surface area contributed by atoms with Crippen LogP contribution in [0.15, 0.2) is 18.5 Å². The normalized spacial score (nSPS) is 22.4. The summed E-state index contributed by atoms with van der Waals surface area (Å²) in [4.78, 5) is 4.03. The van der Waals surface area contributed by atoms with Crippen LogP contribution in [-0.4, -0.2) is 23.3 Å². The lowest BCUT2D eigenvalue weighted by molar-refractivity contribution is 0.00578. The van der Waals surface area contributed by atoms with Crippen molar-refractivity contribution in [3.63, 3.8) is 0 Å². The maximum atomic E-state index is 5.89. The maximum absolute atomic E-state index is 5.89. The average molecular weight is 240 g/mol. The third-order valence-corrected chi connectivity index (χ3v) is 3.46. The summed E-state index contributed by atoms with van der Waals surface area (Å²) in [6.07, 6.45) is 3.31. The molecule has 86 valence electrons. The van der Waals surface area contributed by atoms with Gasteiger partial charge < -0.3 is 9.31 Å². The molecule has 0 unspecified atom stereocenters. The van der Waals surface area contributed by atoms with Gasteiger partial charge in [-0.3, -0.25) is 4.98 Å². The van der Waals surface area contributed by atoms with Gasteiger partial charge in [-0.25, -0.2) is 0 Å². The van der Waals surface area contributed by atoms with Gasteiger partial charge in [0.15, 0.2) is 0 Å². The molecule has 0 bridgehead atoms. The van der Waals surface area contributed by atoms with Crippen LogP contribution in [0.25, 0.3) is 0 Å². The topological polar surface area (TPSA) is 31.4 Å². The number of pyridine rings is 1. The Bertz CT molecular complexity index is 393. The molecule has 0 amide bonds. The molecule has 0 N–H and O–H groups in total. The molecule has 1 saturated heterocycles. The van der Waals surface area contributed by atoms with Crippen LogP contribution in [0.3, 0.4) is 0 Å². The molecule has 1 aromatic rings. The van der Waals surface area contributed by atoms with E-state index >= 15 is 0 Å². The monoisotopic (exact) mass is 239 g/mol. The van der Waals surface area contributed by atoms with E-state index in [-0.39, 0.29) is 11.2 Å². The highest BCUT2D eigenvalue weighted by molar-refractivity contribution is 6.62. The SMILES string of the molecule is CC1(C)OB(c2cncc(Cl)c2)OC1(C)C. The van der Waals surface area contributed by atoms with Gasteiger partial charge in [0.05, 0.1) is 16.2 Å². The van der Waals surface area contributed by atoms with Crippen molar-refractivity contribution in [2.45, 2.75) is 38.9 Å². The summed E-state index contributed by atoms with van der Waals surface area (Å²) in [5, 5.41) is 0.590. The van der Waals surface area contributed by atoms with Crippen molar-refractivity contribution in [2.75, 3.05) is 0 Å². The fourth-order valence-corrected chi connectivity index (χ4v) is 1.72. The van der Waals surface area contributed by atoms with E-state index in [0.29, 0.717) is 5.02 Å². The molecular formula is C11H15BClNO2. The van der Waals surface area contributed by atoms with Crippen molar-refractivity contribution in [3.8, 4) is 0 Å². The van der Waals surface area contributed by atoms with Gasteiger partial charge in [-0.1, -0.05) is 11.6 Å². The fourth-order valence-electron chi connectivity index (χ4n) is 1.54. The van der Waals surface area contributed by atoms with Gasteiger partial charge in [-0.2, -0.15) is 0 Å². The van der Waals surface area contributed by atoms with E-state index < -0.39 is 7.12 Å². The van der Waals surface area contributed by atoms with Crippen LogP contribution in [0.2, 0.25) is 5.02 Å². The Kier molecular flexibility index (Phi) is 2.77. The quantitative estimate of drug-likeness (QED) is 0.703. The molecule has 0 saturated carbocycles. The van der Waals surface area contributed by atoms with Crippen LogP contribution in [-0.2, 0) is 9.31 Å². The van der Waals surface area contributed by atoms with Crippen LogP contribution >= 0.6 is 11.6 Å². The highest BCUT2D eigenvalue weighted by Gasteiger charge is 2.51. The molecule has 0 radical (unpaired) electrons. The highest BCUT2D eigenvalue weighted by Crippen LogP contribution is 2.36. The molecule has 2 rings (SSSR count). The van der Waals surface area contributed by atoms with E-state index in [9.17, 15) is 0 Å². The van der Waals surface area contributed by atoms with Gasteiger partial charge in [0.2, 0.25) is 0 Å². The fraction of sp³-hybridized carbons (Fsp3) is 0.545. The van der Waals surface area contributed by atoms with Crippen molar-refractivity contribution < 1.29 is 9.31 Å². The molecule has 1 aliphatic rings. The lowest BCUT2D eigenvalue weighted by atomic mass is 9.80. The van der Waals surface area contributed by atoms with Gasteiger partial charge in [-0.15, -0.1) is 0 Å². The van der Waals surface area contributed by atoms with Gasteiger partial charge in [0, 0.05) is 17.9 Å². The molecular weight excluding hydrogens is 224 g/mol. The van der Waals surface area contributed by atoms with Crippen molar-refractivity contribution in [2.24, 2.45) is 0 Å². The van der Waals surface area contributed by atoms with E-state index in [1.807, 2.05) is 33.8 Å². The molecule has 2 heterocycles. The molecule has 16 heavy (non-hydrogen) atoms. The summed E-state index contributed by atoms with van der Waals surface area (Å²) >= 11 is 5.89. The van der Waals surface area contributed by atoms with E-state index in [2.05, 4.69) is 4.98 Å². The smallest absolute Gasteiger partial charge is 0.399 e. The van der Waals surface area contributed by atoms with Gasteiger partial charge in [0.25, 0.3) is 0 Å². The molecule has 3 nitrogen and oxygen atoms in total. The molecule has 0 aliphatic carbocycles.